The first-order valence-electron chi connectivity index (χ1n) is 3.12. The van der Waals surface area contributed by atoms with E-state index in [0.717, 1.165) is 5.56 Å². The summed E-state index contributed by atoms with van der Waals surface area (Å²) in [5, 5.41) is 0.278. The van der Waals surface area contributed by atoms with Gasteiger partial charge >= 0.3 is 8.03 Å². The summed E-state index contributed by atoms with van der Waals surface area (Å²) >= 11 is 0. The van der Waals surface area contributed by atoms with Gasteiger partial charge < -0.3 is 0 Å². The Hall–Kier alpha value is -0.690. The summed E-state index contributed by atoms with van der Waals surface area (Å²) in [6, 6.07) is 8.97. The minimum Gasteiger partial charge on any atom is -0.156 e. The molecule has 0 amide bonds. The molecule has 0 heterocycles. The van der Waals surface area contributed by atoms with Crippen LogP contribution in [-0.2, 0) is 4.57 Å². The molecule has 2 nitrogen and oxygen atoms in total. The average molecular weight is 204 g/mol. The lowest BCUT2D eigenvalue weighted by Gasteiger charge is -1.88. The first-order chi connectivity index (χ1) is 5.22. The SMILES string of the molecule is C=C(c1ccccc1)[P+](=O)O.Cl. The van der Waals surface area contributed by atoms with Crippen LogP contribution in [0.2, 0.25) is 0 Å². The van der Waals surface area contributed by atoms with Gasteiger partial charge in [-0.05, 0) is 11.1 Å². The largest absolute Gasteiger partial charge is 0.546 e. The standard InChI is InChI=1S/C8H7O2P.ClH/c1-7(11(9)10)8-5-3-2-4-6-8;/h2-6H,1H2;1H/p+1. The number of benzene rings is 1. The molecule has 4 heteroatoms. The third-order valence-electron chi connectivity index (χ3n) is 1.34. The van der Waals surface area contributed by atoms with Crippen molar-refractivity contribution in [2.24, 2.45) is 0 Å². The quantitative estimate of drug-likeness (QED) is 0.751. The summed E-state index contributed by atoms with van der Waals surface area (Å²) < 4.78 is 10.5. The molecule has 1 aromatic carbocycles. The number of hydrogen-bond acceptors (Lipinski definition) is 1. The Balaban J connectivity index is 0.00000121. The Morgan fingerprint density at radius 3 is 2.25 bits per heavy atom. The van der Waals surface area contributed by atoms with Crippen molar-refractivity contribution >= 4 is 25.7 Å². The number of halogens is 1. The van der Waals surface area contributed by atoms with E-state index < -0.39 is 8.03 Å². The highest BCUT2D eigenvalue weighted by Gasteiger charge is 2.18. The second-order valence-electron chi connectivity index (χ2n) is 2.09. The van der Waals surface area contributed by atoms with E-state index in [1.165, 1.54) is 0 Å². The summed E-state index contributed by atoms with van der Waals surface area (Å²) in [6.07, 6.45) is 0. The lowest BCUT2D eigenvalue weighted by molar-refractivity contribution is 0.514. The molecule has 1 atom stereocenters. The zero-order chi connectivity index (χ0) is 8.27. The van der Waals surface area contributed by atoms with Gasteiger partial charge in [0.1, 0.15) is 0 Å². The fraction of sp³-hybridized carbons (Fsp3) is 0. The van der Waals surface area contributed by atoms with Gasteiger partial charge in [0, 0.05) is 5.56 Å². The van der Waals surface area contributed by atoms with E-state index in [1.807, 2.05) is 6.07 Å². The van der Waals surface area contributed by atoms with Crippen LogP contribution in [0.1, 0.15) is 5.56 Å². The van der Waals surface area contributed by atoms with Crippen LogP contribution >= 0.6 is 20.4 Å². The third-order valence-corrected chi connectivity index (χ3v) is 2.06. The van der Waals surface area contributed by atoms with E-state index in [2.05, 4.69) is 6.58 Å². The van der Waals surface area contributed by atoms with Crippen molar-refractivity contribution in [1.82, 2.24) is 0 Å². The molecule has 0 aliphatic heterocycles. The Labute approximate surface area is 78.2 Å². The van der Waals surface area contributed by atoms with E-state index in [0.29, 0.717) is 0 Å². The van der Waals surface area contributed by atoms with E-state index in [1.54, 1.807) is 24.3 Å². The second-order valence-corrected chi connectivity index (χ2v) is 3.17. The molecule has 0 fully saturated rings. The van der Waals surface area contributed by atoms with E-state index in [9.17, 15) is 4.57 Å². The van der Waals surface area contributed by atoms with Crippen LogP contribution in [0.5, 0.6) is 0 Å². The van der Waals surface area contributed by atoms with Gasteiger partial charge in [0.15, 0.2) is 0 Å². The molecule has 0 radical (unpaired) electrons. The Morgan fingerprint density at radius 2 is 1.83 bits per heavy atom. The molecule has 12 heavy (non-hydrogen) atoms. The Morgan fingerprint density at radius 1 is 1.33 bits per heavy atom. The summed E-state index contributed by atoms with van der Waals surface area (Å²) in [7, 11) is -2.28. The molecule has 0 saturated heterocycles. The van der Waals surface area contributed by atoms with Crippen molar-refractivity contribution in [2.45, 2.75) is 0 Å². The van der Waals surface area contributed by atoms with Crippen LogP contribution in [0, 0.1) is 0 Å². The fourth-order valence-corrected chi connectivity index (χ4v) is 1.11. The van der Waals surface area contributed by atoms with E-state index >= 15 is 0 Å². The topological polar surface area (TPSA) is 37.3 Å². The molecule has 64 valence electrons. The minimum atomic E-state index is -2.28. The number of rotatable bonds is 2. The first kappa shape index (κ1) is 11.3. The highest BCUT2D eigenvalue weighted by atomic mass is 35.5. The van der Waals surface area contributed by atoms with E-state index in [4.69, 9.17) is 4.89 Å². The normalized spacial score (nSPS) is 9.92. The van der Waals surface area contributed by atoms with Gasteiger partial charge in [-0.25, -0.2) is 0 Å². The van der Waals surface area contributed by atoms with Crippen LogP contribution in [0.25, 0.3) is 5.31 Å². The molecule has 0 aliphatic rings. The van der Waals surface area contributed by atoms with Gasteiger partial charge in [0.25, 0.3) is 0 Å². The van der Waals surface area contributed by atoms with E-state index in [-0.39, 0.29) is 17.7 Å². The van der Waals surface area contributed by atoms with Crippen molar-refractivity contribution in [3.63, 3.8) is 0 Å². The van der Waals surface area contributed by atoms with Crippen LogP contribution in [0.4, 0.5) is 0 Å². The highest BCUT2D eigenvalue weighted by Crippen LogP contribution is 2.33. The summed E-state index contributed by atoms with van der Waals surface area (Å²) in [4.78, 5) is 8.68. The predicted molar refractivity (Wildman–Crippen MR) is 52.5 cm³/mol. The zero-order valence-electron chi connectivity index (χ0n) is 6.30. The van der Waals surface area contributed by atoms with Crippen molar-refractivity contribution in [1.29, 1.82) is 0 Å². The van der Waals surface area contributed by atoms with Gasteiger partial charge in [-0.15, -0.1) is 12.4 Å². The molecular formula is C8H9ClO2P+. The monoisotopic (exact) mass is 203 g/mol. The number of hydrogen-bond donors (Lipinski definition) is 1. The molecule has 0 aromatic heterocycles. The molecule has 1 unspecified atom stereocenters. The molecule has 0 bridgehead atoms. The molecule has 0 saturated carbocycles. The lowest BCUT2D eigenvalue weighted by Crippen LogP contribution is -1.74. The molecule has 0 spiro atoms. The lowest BCUT2D eigenvalue weighted by atomic mass is 10.2. The summed E-state index contributed by atoms with van der Waals surface area (Å²) in [5.41, 5.74) is 0.719. The van der Waals surface area contributed by atoms with Gasteiger partial charge in [-0.3, -0.25) is 0 Å². The van der Waals surface area contributed by atoms with Crippen LogP contribution in [-0.4, -0.2) is 4.89 Å². The molecule has 1 aromatic rings. The highest BCUT2D eigenvalue weighted by molar-refractivity contribution is 7.50. The average Bonchev–Trinajstić information content (AvgIpc) is 2.05. The first-order valence-corrected chi connectivity index (χ1v) is 4.33. The molecule has 1 N–H and O–H groups in total. The molecule has 1 rings (SSSR count). The predicted octanol–water partition coefficient (Wildman–Crippen LogP) is 2.81. The summed E-state index contributed by atoms with van der Waals surface area (Å²) in [5.74, 6) is 0. The Bertz CT molecular complexity index is 284. The van der Waals surface area contributed by atoms with Gasteiger partial charge in [0.05, 0.1) is 0 Å². The zero-order valence-corrected chi connectivity index (χ0v) is 8.02. The minimum absolute atomic E-state index is 0. The van der Waals surface area contributed by atoms with Gasteiger partial charge in [0.2, 0.25) is 5.31 Å². The van der Waals surface area contributed by atoms with Crippen molar-refractivity contribution < 1.29 is 9.46 Å². The Kier molecular flexibility index (Phi) is 4.75. The van der Waals surface area contributed by atoms with Crippen LogP contribution in [0.3, 0.4) is 0 Å². The fourth-order valence-electron chi connectivity index (χ4n) is 0.741. The smallest absolute Gasteiger partial charge is 0.156 e. The van der Waals surface area contributed by atoms with Gasteiger partial charge in [-0.1, -0.05) is 30.3 Å². The van der Waals surface area contributed by atoms with Crippen LogP contribution < -0.4 is 0 Å². The molecular weight excluding hydrogens is 195 g/mol. The van der Waals surface area contributed by atoms with Crippen molar-refractivity contribution in [3.05, 3.63) is 42.5 Å². The maximum absolute atomic E-state index is 10.5. The maximum atomic E-state index is 10.5. The van der Waals surface area contributed by atoms with Gasteiger partial charge in [-0.2, -0.15) is 4.89 Å². The maximum Gasteiger partial charge on any atom is 0.546 e. The van der Waals surface area contributed by atoms with Crippen molar-refractivity contribution in [3.8, 4) is 0 Å². The summed E-state index contributed by atoms with van der Waals surface area (Å²) in [6.45, 7) is 3.49. The van der Waals surface area contributed by atoms with Crippen molar-refractivity contribution in [2.75, 3.05) is 0 Å². The second kappa shape index (κ2) is 5.04. The third kappa shape index (κ3) is 2.74. The van der Waals surface area contributed by atoms with Crippen LogP contribution in [0.15, 0.2) is 36.9 Å². The molecule has 0 aliphatic carbocycles.